The second-order valence-electron chi connectivity index (χ2n) is 4.45. The molecule has 0 unspecified atom stereocenters. The Morgan fingerprint density at radius 1 is 1.35 bits per heavy atom. The normalized spacial score (nSPS) is 10.7. The molecule has 2 heterocycles. The van der Waals surface area contributed by atoms with Gasteiger partial charge in [-0.3, -0.25) is 9.89 Å². The molecule has 2 aromatic heterocycles. The van der Waals surface area contributed by atoms with Crippen LogP contribution in [0.3, 0.4) is 0 Å². The second kappa shape index (κ2) is 6.53. The van der Waals surface area contributed by atoms with Crippen molar-refractivity contribution in [1.82, 2.24) is 20.4 Å². The van der Waals surface area contributed by atoms with Crippen molar-refractivity contribution < 1.29 is 19.1 Å². The Kier molecular flexibility index (Phi) is 4.29. The molecule has 0 aliphatic carbocycles. The average Bonchev–Trinajstić information content (AvgIpc) is 3.22. The summed E-state index contributed by atoms with van der Waals surface area (Å²) < 4.78 is 10.5. The number of thioether (sulfide) groups is 1. The van der Waals surface area contributed by atoms with E-state index in [4.69, 9.17) is 14.3 Å². The summed E-state index contributed by atoms with van der Waals surface area (Å²) in [4.78, 5) is 10.5. The molecule has 9 heteroatoms. The summed E-state index contributed by atoms with van der Waals surface area (Å²) in [5.74, 6) is -0.0634. The van der Waals surface area contributed by atoms with Gasteiger partial charge in [0, 0.05) is 5.56 Å². The number of rotatable bonds is 6. The standard InChI is InChI=1S/C14H12N4O4S/c1-21-9-4-2-8(3-5-9)10-6-11(16-15-10)13-17-18-14(22-13)23-7-12(19)20/h2-6H,7H2,1H3,(H,15,16)(H,19,20). The van der Waals surface area contributed by atoms with E-state index in [1.54, 1.807) is 13.2 Å². The van der Waals surface area contributed by atoms with Crippen LogP contribution >= 0.6 is 11.8 Å². The van der Waals surface area contributed by atoms with Crippen molar-refractivity contribution in [2.75, 3.05) is 12.9 Å². The van der Waals surface area contributed by atoms with Gasteiger partial charge < -0.3 is 14.3 Å². The summed E-state index contributed by atoms with van der Waals surface area (Å²) in [6.07, 6.45) is 0. The maximum Gasteiger partial charge on any atom is 0.314 e. The third kappa shape index (κ3) is 3.51. The monoisotopic (exact) mass is 332 g/mol. The van der Waals surface area contributed by atoms with Crippen molar-refractivity contribution in [3.63, 3.8) is 0 Å². The van der Waals surface area contributed by atoms with E-state index in [0.717, 1.165) is 28.8 Å². The number of hydrogen-bond acceptors (Lipinski definition) is 7. The second-order valence-corrected chi connectivity index (χ2v) is 5.38. The lowest BCUT2D eigenvalue weighted by Gasteiger charge is -1.99. The summed E-state index contributed by atoms with van der Waals surface area (Å²) in [6, 6.07) is 9.25. The highest BCUT2D eigenvalue weighted by molar-refractivity contribution is 7.99. The van der Waals surface area contributed by atoms with Crippen molar-refractivity contribution in [2.45, 2.75) is 5.22 Å². The molecule has 0 spiro atoms. The van der Waals surface area contributed by atoms with Crippen LogP contribution in [0, 0.1) is 0 Å². The summed E-state index contributed by atoms with van der Waals surface area (Å²) in [5.41, 5.74) is 2.19. The number of nitrogens with one attached hydrogen (secondary N) is 1. The molecular weight excluding hydrogens is 320 g/mol. The van der Waals surface area contributed by atoms with Crippen LogP contribution in [0.4, 0.5) is 0 Å². The number of carboxylic acid groups (broad SMARTS) is 1. The van der Waals surface area contributed by atoms with Crippen LogP contribution in [0.5, 0.6) is 5.75 Å². The Morgan fingerprint density at radius 3 is 2.83 bits per heavy atom. The van der Waals surface area contributed by atoms with Gasteiger partial charge in [-0.15, -0.1) is 10.2 Å². The zero-order valence-electron chi connectivity index (χ0n) is 12.0. The lowest BCUT2D eigenvalue weighted by Crippen LogP contribution is -1.97. The quantitative estimate of drug-likeness (QED) is 0.661. The summed E-state index contributed by atoms with van der Waals surface area (Å²) in [7, 11) is 1.61. The van der Waals surface area contributed by atoms with Crippen LogP contribution in [0.25, 0.3) is 22.8 Å². The summed E-state index contributed by atoms with van der Waals surface area (Å²) >= 11 is 0.963. The predicted octanol–water partition coefficient (Wildman–Crippen LogP) is 2.31. The molecule has 0 amide bonds. The molecule has 0 aliphatic heterocycles. The van der Waals surface area contributed by atoms with Crippen molar-refractivity contribution in [1.29, 1.82) is 0 Å². The molecule has 0 bridgehead atoms. The molecule has 118 valence electrons. The van der Waals surface area contributed by atoms with E-state index in [1.165, 1.54) is 0 Å². The smallest absolute Gasteiger partial charge is 0.314 e. The van der Waals surface area contributed by atoms with Gasteiger partial charge in [-0.2, -0.15) is 5.10 Å². The molecule has 3 aromatic rings. The van der Waals surface area contributed by atoms with E-state index in [0.29, 0.717) is 5.69 Å². The number of methoxy groups -OCH3 is 1. The van der Waals surface area contributed by atoms with Crippen LogP contribution < -0.4 is 4.74 Å². The molecule has 0 atom stereocenters. The van der Waals surface area contributed by atoms with Crippen molar-refractivity contribution in [3.05, 3.63) is 30.3 Å². The molecule has 2 N–H and O–H groups in total. The van der Waals surface area contributed by atoms with Gasteiger partial charge in [-0.1, -0.05) is 11.8 Å². The topological polar surface area (TPSA) is 114 Å². The van der Waals surface area contributed by atoms with Crippen LogP contribution in [0.15, 0.2) is 40.0 Å². The minimum atomic E-state index is -0.946. The highest BCUT2D eigenvalue weighted by Crippen LogP contribution is 2.26. The van der Waals surface area contributed by atoms with Crippen molar-refractivity contribution in [2.24, 2.45) is 0 Å². The number of carboxylic acids is 1. The van der Waals surface area contributed by atoms with Crippen LogP contribution in [-0.4, -0.2) is 44.3 Å². The first-order valence-corrected chi connectivity index (χ1v) is 7.52. The van der Waals surface area contributed by atoms with E-state index in [-0.39, 0.29) is 16.9 Å². The van der Waals surface area contributed by atoms with E-state index < -0.39 is 5.97 Å². The van der Waals surface area contributed by atoms with E-state index in [9.17, 15) is 4.79 Å². The number of hydrogen-bond donors (Lipinski definition) is 2. The van der Waals surface area contributed by atoms with E-state index in [2.05, 4.69) is 20.4 Å². The SMILES string of the molecule is COc1ccc(-c2cc(-c3nnc(SCC(=O)O)o3)[nH]n2)cc1. The van der Waals surface area contributed by atoms with Gasteiger partial charge in [-0.05, 0) is 30.3 Å². The molecule has 23 heavy (non-hydrogen) atoms. The Labute approximate surface area is 134 Å². The predicted molar refractivity (Wildman–Crippen MR) is 82.2 cm³/mol. The maximum absolute atomic E-state index is 10.5. The molecule has 0 aliphatic rings. The van der Waals surface area contributed by atoms with Crippen molar-refractivity contribution in [3.8, 4) is 28.6 Å². The Morgan fingerprint density at radius 2 is 2.13 bits per heavy atom. The highest BCUT2D eigenvalue weighted by atomic mass is 32.2. The first-order valence-electron chi connectivity index (χ1n) is 6.54. The zero-order chi connectivity index (χ0) is 16.2. The number of aliphatic carboxylic acids is 1. The van der Waals surface area contributed by atoms with Crippen LogP contribution in [-0.2, 0) is 4.79 Å². The first kappa shape index (κ1) is 15.1. The maximum atomic E-state index is 10.5. The van der Waals surface area contributed by atoms with E-state index in [1.807, 2.05) is 24.3 Å². The fourth-order valence-corrected chi connectivity index (χ4v) is 2.32. The van der Waals surface area contributed by atoms with Gasteiger partial charge in [0.25, 0.3) is 11.1 Å². The third-order valence-electron chi connectivity index (χ3n) is 2.92. The molecular formula is C14H12N4O4S. The average molecular weight is 332 g/mol. The lowest BCUT2D eigenvalue weighted by molar-refractivity contribution is -0.133. The highest BCUT2D eigenvalue weighted by Gasteiger charge is 2.13. The molecule has 0 saturated carbocycles. The number of nitrogens with zero attached hydrogens (tertiary/aromatic N) is 3. The number of carbonyl (C=O) groups is 1. The minimum absolute atomic E-state index is 0.137. The Bertz CT molecular complexity index is 812. The minimum Gasteiger partial charge on any atom is -0.497 e. The fraction of sp³-hybridized carbons (Fsp3) is 0.143. The van der Waals surface area contributed by atoms with Gasteiger partial charge in [0.1, 0.15) is 17.2 Å². The third-order valence-corrected chi connectivity index (χ3v) is 3.72. The summed E-state index contributed by atoms with van der Waals surface area (Å²) in [6.45, 7) is 0. The molecule has 0 radical (unpaired) electrons. The zero-order valence-corrected chi connectivity index (χ0v) is 12.8. The first-order chi connectivity index (χ1) is 11.2. The van der Waals surface area contributed by atoms with Crippen molar-refractivity contribution >= 4 is 17.7 Å². The van der Waals surface area contributed by atoms with E-state index >= 15 is 0 Å². The molecule has 0 fully saturated rings. The number of ether oxygens (including phenoxy) is 1. The molecule has 0 saturated heterocycles. The van der Waals surface area contributed by atoms with Gasteiger partial charge >= 0.3 is 5.97 Å². The number of aromatic amines is 1. The largest absolute Gasteiger partial charge is 0.497 e. The van der Waals surface area contributed by atoms with Gasteiger partial charge in [-0.25, -0.2) is 0 Å². The fourth-order valence-electron chi connectivity index (χ4n) is 1.84. The number of H-pyrrole nitrogens is 1. The van der Waals surface area contributed by atoms with Gasteiger partial charge in [0.05, 0.1) is 12.8 Å². The van der Waals surface area contributed by atoms with Crippen LogP contribution in [0.1, 0.15) is 0 Å². The Hall–Kier alpha value is -2.81. The lowest BCUT2D eigenvalue weighted by atomic mass is 10.1. The Balaban J connectivity index is 1.77. The molecule has 8 nitrogen and oxygen atoms in total. The van der Waals surface area contributed by atoms with Gasteiger partial charge in [0.2, 0.25) is 0 Å². The molecule has 1 aromatic carbocycles. The molecule has 3 rings (SSSR count). The number of aromatic nitrogens is 4. The number of benzene rings is 1. The summed E-state index contributed by atoms with van der Waals surface area (Å²) in [5, 5.41) is 23.5. The van der Waals surface area contributed by atoms with Gasteiger partial charge in [0.15, 0.2) is 0 Å². The van der Waals surface area contributed by atoms with Crippen LogP contribution in [0.2, 0.25) is 0 Å².